The Morgan fingerprint density at radius 3 is 2.41 bits per heavy atom. The van der Waals surface area contributed by atoms with E-state index in [0.29, 0.717) is 17.4 Å². The number of ether oxygens (including phenoxy) is 1. The van der Waals surface area contributed by atoms with Gasteiger partial charge in [0.25, 0.3) is 5.69 Å². The van der Waals surface area contributed by atoms with E-state index in [-0.39, 0.29) is 18.0 Å². The molecule has 0 aliphatic carbocycles. The lowest BCUT2D eigenvalue weighted by molar-refractivity contribution is -0.384. The zero-order chi connectivity index (χ0) is 23.3. The van der Waals surface area contributed by atoms with Crippen molar-refractivity contribution in [2.45, 2.75) is 27.2 Å². The normalized spacial score (nSPS) is 11.2. The Morgan fingerprint density at radius 2 is 1.81 bits per heavy atom. The summed E-state index contributed by atoms with van der Waals surface area (Å²) < 4.78 is 6.47. The Balaban J connectivity index is 1.92. The summed E-state index contributed by atoms with van der Waals surface area (Å²) in [7, 11) is 1.61. The van der Waals surface area contributed by atoms with Crippen molar-refractivity contribution < 1.29 is 14.5 Å². The number of rotatable bonds is 10. The van der Waals surface area contributed by atoms with Gasteiger partial charge in [-0.05, 0) is 37.2 Å². The maximum absolute atomic E-state index is 13.3. The summed E-state index contributed by atoms with van der Waals surface area (Å²) in [6.45, 7) is 9.24. The lowest BCUT2D eigenvalue weighted by atomic mass is 10.1. The summed E-state index contributed by atoms with van der Waals surface area (Å²) >= 11 is 1.48. The Morgan fingerprint density at radius 1 is 1.12 bits per heavy atom. The number of aromatic nitrogens is 1. The van der Waals surface area contributed by atoms with Crippen LogP contribution in [-0.4, -0.2) is 54.0 Å². The summed E-state index contributed by atoms with van der Waals surface area (Å²) in [5.41, 5.74) is 2.57. The molecule has 0 bridgehead atoms. The molecule has 0 unspecified atom stereocenters. The molecule has 3 rings (SSSR count). The van der Waals surface area contributed by atoms with Gasteiger partial charge in [0.05, 0.1) is 23.2 Å². The molecule has 0 spiro atoms. The largest absolute Gasteiger partial charge is 0.494 e. The Hall–Kier alpha value is -3.04. The zero-order valence-corrected chi connectivity index (χ0v) is 19.6. The summed E-state index contributed by atoms with van der Waals surface area (Å²) in [5, 5.41) is 11.5. The number of hydrogen-bond acceptors (Lipinski definition) is 7. The minimum absolute atomic E-state index is 0.00771. The van der Waals surface area contributed by atoms with Gasteiger partial charge in [-0.3, -0.25) is 19.8 Å². The predicted octanol–water partition coefficient (Wildman–Crippen LogP) is 4.44. The Kier molecular flexibility index (Phi) is 7.76. The van der Waals surface area contributed by atoms with Gasteiger partial charge in [-0.25, -0.2) is 4.98 Å². The van der Waals surface area contributed by atoms with E-state index in [1.165, 1.54) is 23.5 Å². The molecule has 170 valence electrons. The molecule has 0 saturated heterocycles. The first-order chi connectivity index (χ1) is 15.4. The number of aryl methyl sites for hydroxylation is 1. The van der Waals surface area contributed by atoms with Crippen LogP contribution in [0.3, 0.4) is 0 Å². The monoisotopic (exact) mass is 456 g/mol. The highest BCUT2D eigenvalue weighted by Crippen LogP contribution is 2.36. The van der Waals surface area contributed by atoms with Gasteiger partial charge in [0, 0.05) is 25.2 Å². The molecule has 0 atom stereocenters. The summed E-state index contributed by atoms with van der Waals surface area (Å²) in [5.74, 6) is 0.585. The van der Waals surface area contributed by atoms with Crippen molar-refractivity contribution in [3.05, 3.63) is 57.6 Å². The number of hydrogen-bond donors (Lipinski definition) is 0. The fourth-order valence-corrected chi connectivity index (χ4v) is 4.59. The number of methoxy groups -OCH3 is 1. The maximum Gasteiger partial charge on any atom is 0.269 e. The highest BCUT2D eigenvalue weighted by atomic mass is 32.1. The second-order valence-corrected chi connectivity index (χ2v) is 8.41. The number of nitro groups is 1. The van der Waals surface area contributed by atoms with Crippen LogP contribution in [0.4, 0.5) is 10.8 Å². The van der Waals surface area contributed by atoms with E-state index in [9.17, 15) is 14.9 Å². The number of likely N-dealkylation sites (N-methyl/N-ethyl adjacent to an activating group) is 1. The molecule has 9 heteroatoms. The molecule has 0 aliphatic rings. The average molecular weight is 457 g/mol. The van der Waals surface area contributed by atoms with Crippen LogP contribution < -0.4 is 9.64 Å². The van der Waals surface area contributed by atoms with Crippen LogP contribution >= 0.6 is 11.3 Å². The first-order valence-electron chi connectivity index (χ1n) is 10.6. The maximum atomic E-state index is 13.3. The van der Waals surface area contributed by atoms with Crippen molar-refractivity contribution in [3.63, 3.8) is 0 Å². The number of thiazole rings is 1. The first kappa shape index (κ1) is 23.6. The molecule has 0 saturated carbocycles. The van der Waals surface area contributed by atoms with Gasteiger partial charge in [0.2, 0.25) is 5.91 Å². The third kappa shape index (κ3) is 5.23. The second-order valence-electron chi connectivity index (χ2n) is 7.43. The summed E-state index contributed by atoms with van der Waals surface area (Å²) in [4.78, 5) is 32.6. The number of carbonyl (C=O) groups excluding carboxylic acids is 1. The van der Waals surface area contributed by atoms with Gasteiger partial charge in [-0.1, -0.05) is 43.4 Å². The third-order valence-corrected chi connectivity index (χ3v) is 6.69. The highest BCUT2D eigenvalue weighted by Gasteiger charge is 2.22. The molecule has 1 amide bonds. The molecule has 32 heavy (non-hydrogen) atoms. The Labute approximate surface area is 191 Å². The van der Waals surface area contributed by atoms with Crippen molar-refractivity contribution in [3.8, 4) is 5.75 Å². The summed E-state index contributed by atoms with van der Waals surface area (Å²) in [6.07, 6.45) is 0.141. The number of fused-ring (bicyclic) bond motifs is 1. The van der Waals surface area contributed by atoms with Gasteiger partial charge in [-0.15, -0.1) is 0 Å². The smallest absolute Gasteiger partial charge is 0.269 e. The lowest BCUT2D eigenvalue weighted by Gasteiger charge is -2.24. The summed E-state index contributed by atoms with van der Waals surface area (Å²) in [6, 6.07) is 9.99. The predicted molar refractivity (Wildman–Crippen MR) is 128 cm³/mol. The molecular weight excluding hydrogens is 428 g/mol. The average Bonchev–Trinajstić information content (AvgIpc) is 3.23. The number of benzene rings is 2. The molecule has 1 aromatic heterocycles. The molecule has 8 nitrogen and oxygen atoms in total. The molecule has 2 aromatic carbocycles. The number of nitrogens with zero attached hydrogens (tertiary/aromatic N) is 4. The van der Waals surface area contributed by atoms with Crippen molar-refractivity contribution >= 4 is 38.3 Å². The van der Waals surface area contributed by atoms with E-state index in [0.717, 1.165) is 41.0 Å². The topological polar surface area (TPSA) is 88.8 Å². The van der Waals surface area contributed by atoms with E-state index in [4.69, 9.17) is 9.72 Å². The Bertz CT molecular complexity index is 1090. The molecule has 0 aliphatic heterocycles. The standard InChI is InChI=1S/C23H28N4O4S/c1-5-25(6-2)13-14-26(20(28)15-17-8-10-18(11-9-17)27(29)30)23-24-21-19(31-4)12-7-16(3)22(21)32-23/h7-12H,5-6,13-15H2,1-4H3. The number of amides is 1. The number of nitro benzene ring substituents is 1. The van der Waals surface area contributed by atoms with Crippen molar-refractivity contribution in [2.24, 2.45) is 0 Å². The van der Waals surface area contributed by atoms with Gasteiger partial charge in [-0.2, -0.15) is 0 Å². The SMILES string of the molecule is CCN(CC)CCN(C(=O)Cc1ccc([N+](=O)[O-])cc1)c1nc2c(OC)ccc(C)c2s1. The molecular formula is C23H28N4O4S. The van der Waals surface area contributed by atoms with Crippen LogP contribution in [-0.2, 0) is 11.2 Å². The fraction of sp³-hybridized carbons (Fsp3) is 0.391. The van der Waals surface area contributed by atoms with E-state index < -0.39 is 4.92 Å². The van der Waals surface area contributed by atoms with Gasteiger partial charge < -0.3 is 9.64 Å². The number of anilines is 1. The van der Waals surface area contributed by atoms with Crippen LogP contribution in [0.2, 0.25) is 0 Å². The van der Waals surface area contributed by atoms with E-state index >= 15 is 0 Å². The third-order valence-electron chi connectivity index (χ3n) is 5.48. The molecule has 1 heterocycles. The number of non-ortho nitro benzene ring substituents is 1. The second kappa shape index (κ2) is 10.5. The van der Waals surface area contributed by atoms with Crippen LogP contribution in [0.15, 0.2) is 36.4 Å². The van der Waals surface area contributed by atoms with E-state index in [2.05, 4.69) is 18.7 Å². The van der Waals surface area contributed by atoms with Gasteiger partial charge in [0.15, 0.2) is 5.13 Å². The molecule has 0 N–H and O–H groups in total. The van der Waals surface area contributed by atoms with Crippen LogP contribution in [0, 0.1) is 17.0 Å². The minimum Gasteiger partial charge on any atom is -0.494 e. The fourth-order valence-electron chi connectivity index (χ4n) is 3.49. The van der Waals surface area contributed by atoms with Crippen LogP contribution in [0.1, 0.15) is 25.0 Å². The van der Waals surface area contributed by atoms with E-state index in [1.807, 2.05) is 19.1 Å². The first-order valence-corrected chi connectivity index (χ1v) is 11.4. The minimum atomic E-state index is -0.446. The lowest BCUT2D eigenvalue weighted by Crippen LogP contribution is -2.39. The zero-order valence-electron chi connectivity index (χ0n) is 18.8. The van der Waals surface area contributed by atoms with E-state index in [1.54, 1.807) is 24.1 Å². The number of carbonyl (C=O) groups is 1. The van der Waals surface area contributed by atoms with Gasteiger partial charge >= 0.3 is 0 Å². The van der Waals surface area contributed by atoms with Crippen molar-refractivity contribution in [1.29, 1.82) is 0 Å². The van der Waals surface area contributed by atoms with Crippen molar-refractivity contribution in [2.75, 3.05) is 38.2 Å². The van der Waals surface area contributed by atoms with Crippen LogP contribution in [0.5, 0.6) is 5.75 Å². The van der Waals surface area contributed by atoms with Gasteiger partial charge in [0.1, 0.15) is 11.3 Å². The molecule has 0 radical (unpaired) electrons. The molecule has 3 aromatic rings. The molecule has 0 fully saturated rings. The highest BCUT2D eigenvalue weighted by molar-refractivity contribution is 7.22. The van der Waals surface area contributed by atoms with Crippen molar-refractivity contribution in [1.82, 2.24) is 9.88 Å². The van der Waals surface area contributed by atoms with Crippen LogP contribution in [0.25, 0.3) is 10.2 Å². The quantitative estimate of drug-likeness (QED) is 0.331.